The van der Waals surface area contributed by atoms with Crippen LogP contribution in [0.1, 0.15) is 336 Å². The van der Waals surface area contributed by atoms with Gasteiger partial charge < -0.3 is 39.6 Å². The Labute approximate surface area is 418 Å². The molecule has 0 aliphatic carbocycles. The summed E-state index contributed by atoms with van der Waals surface area (Å²) in [6.07, 6.45) is 56.1. The zero-order valence-electron chi connectivity index (χ0n) is 43.6. The Morgan fingerprint density at radius 2 is 0.292 bits per heavy atom. The van der Waals surface area contributed by atoms with Crippen LogP contribution < -0.4 is 20.4 Å². The number of carbonyl (C=O) groups excluding carboxylic acids is 4. The smallest absolute Gasteiger partial charge is 0.0414 e. The normalized spacial score (nSPS) is 10.4. The van der Waals surface area contributed by atoms with E-state index >= 15 is 0 Å². The molecule has 0 aromatic rings. The summed E-state index contributed by atoms with van der Waals surface area (Å²) in [5.74, 6) is -3.63. The van der Waals surface area contributed by atoms with Crippen LogP contribution in [0, 0.1) is 0 Å². The monoisotopic (exact) mass is 1090 g/mol. The molecule has 0 saturated carbocycles. The largest absolute Gasteiger partial charge is 0.550 e. The molecule has 0 amide bonds. The van der Waals surface area contributed by atoms with Gasteiger partial charge in [-0.05, 0) is 51.4 Å². The average molecular weight is 1090 g/mol. The van der Waals surface area contributed by atoms with E-state index in [1.165, 1.54) is 231 Å². The Morgan fingerprint density at radius 1 is 0.200 bits per heavy atom. The molecule has 0 aromatic carbocycles. The molecule has 0 aromatic heterocycles. The first kappa shape index (κ1) is 72.5. The number of carboxylic acids is 4. The van der Waals surface area contributed by atoms with Crippen molar-refractivity contribution < 1.29 is 60.7 Å². The Balaban J connectivity index is -0.000000245. The van der Waals surface area contributed by atoms with Crippen LogP contribution in [0.5, 0.6) is 0 Å². The Kier molecular flexibility index (Phi) is 77.2. The van der Waals surface area contributed by atoms with E-state index in [1.807, 2.05) is 0 Å². The van der Waals surface area contributed by atoms with E-state index in [9.17, 15) is 39.6 Å². The molecule has 0 aliphatic heterocycles. The van der Waals surface area contributed by atoms with Crippen LogP contribution in [-0.4, -0.2) is 23.9 Å². The molecule has 0 fully saturated rings. The fourth-order valence-electron chi connectivity index (χ4n) is 7.73. The molecule has 0 radical (unpaired) electrons. The standard InChI is InChI=1S/4C14H28O2.W/c4*1-2-3-4-5-6-7-8-9-10-11-12-13-14(15)16;/h4*2-13H2,1H3,(H,15,16);/p-4. The summed E-state index contributed by atoms with van der Waals surface area (Å²) in [5, 5.41) is 40.6. The SMILES string of the molecule is CCCCCCCCCCCCCC(=O)[O-].CCCCCCCCCCCCCC(=O)[O-].CCCCCCCCCCCCCC(=O)[O-].CCCCCCCCCCCCCC(=O)[O-].[W]. The van der Waals surface area contributed by atoms with Gasteiger partial charge in [0, 0.05) is 44.9 Å². The number of hydrogen-bond donors (Lipinski definition) is 0. The van der Waals surface area contributed by atoms with Crippen molar-refractivity contribution in [2.24, 2.45) is 0 Å². The summed E-state index contributed by atoms with van der Waals surface area (Å²) >= 11 is 0. The minimum absolute atomic E-state index is 0. The number of aliphatic carboxylic acids is 4. The second-order valence-corrected chi connectivity index (χ2v) is 18.6. The number of rotatable bonds is 48. The van der Waals surface area contributed by atoms with Crippen molar-refractivity contribution in [3.63, 3.8) is 0 Å². The van der Waals surface area contributed by atoms with Crippen molar-refractivity contribution in [1.82, 2.24) is 0 Å². The quantitative estimate of drug-likeness (QED) is 0.0544. The van der Waals surface area contributed by atoms with Gasteiger partial charge in [-0.1, -0.05) is 285 Å². The maximum Gasteiger partial charge on any atom is 0.0414 e. The van der Waals surface area contributed by atoms with E-state index in [1.54, 1.807) is 0 Å². The van der Waals surface area contributed by atoms with Gasteiger partial charge in [0.1, 0.15) is 0 Å². The van der Waals surface area contributed by atoms with Crippen LogP contribution in [-0.2, 0) is 40.2 Å². The molecule has 390 valence electrons. The van der Waals surface area contributed by atoms with Crippen LogP contribution in [0.15, 0.2) is 0 Å². The zero-order valence-corrected chi connectivity index (χ0v) is 46.5. The van der Waals surface area contributed by atoms with E-state index < -0.39 is 23.9 Å². The number of carbonyl (C=O) groups is 4. The van der Waals surface area contributed by atoms with E-state index in [0.717, 1.165) is 51.4 Å². The Bertz CT molecular complexity index is 771. The van der Waals surface area contributed by atoms with Crippen molar-refractivity contribution in [1.29, 1.82) is 0 Å². The maximum atomic E-state index is 10.1. The van der Waals surface area contributed by atoms with Gasteiger partial charge in [0.05, 0.1) is 0 Å². The third-order valence-electron chi connectivity index (χ3n) is 11.9. The molecule has 8 nitrogen and oxygen atoms in total. The molecule has 0 heterocycles. The minimum Gasteiger partial charge on any atom is -0.550 e. The van der Waals surface area contributed by atoms with E-state index in [4.69, 9.17) is 0 Å². The van der Waals surface area contributed by atoms with Crippen molar-refractivity contribution in [2.75, 3.05) is 0 Å². The van der Waals surface area contributed by atoms with Gasteiger partial charge in [-0.15, -0.1) is 0 Å². The molecule has 0 atom stereocenters. The van der Waals surface area contributed by atoms with Gasteiger partial charge in [0.15, 0.2) is 0 Å². The molecule has 0 N–H and O–H groups in total. The predicted molar refractivity (Wildman–Crippen MR) is 264 cm³/mol. The number of carboxylic acid groups (broad SMARTS) is 4. The summed E-state index contributed by atoms with van der Waals surface area (Å²) in [4.78, 5) is 40.6. The second kappa shape index (κ2) is 69.1. The van der Waals surface area contributed by atoms with Gasteiger partial charge in [-0.3, -0.25) is 0 Å². The fourth-order valence-corrected chi connectivity index (χ4v) is 7.73. The maximum absolute atomic E-state index is 10.1. The molecule has 0 aliphatic rings. The molecule has 9 heteroatoms. The Morgan fingerprint density at radius 3 is 0.385 bits per heavy atom. The molecule has 0 spiro atoms. The number of hydrogen-bond acceptors (Lipinski definition) is 8. The molecule has 0 bridgehead atoms. The molecular weight excluding hydrogens is 984 g/mol. The molecule has 0 rings (SSSR count). The van der Waals surface area contributed by atoms with Gasteiger partial charge in [0.2, 0.25) is 0 Å². The van der Waals surface area contributed by atoms with Crippen molar-refractivity contribution >= 4 is 23.9 Å². The van der Waals surface area contributed by atoms with Crippen LogP contribution >= 0.6 is 0 Å². The molecule has 0 saturated heterocycles. The van der Waals surface area contributed by atoms with Gasteiger partial charge in [-0.25, -0.2) is 0 Å². The van der Waals surface area contributed by atoms with Gasteiger partial charge >= 0.3 is 0 Å². The van der Waals surface area contributed by atoms with E-state index in [-0.39, 0.29) is 46.7 Å². The zero-order chi connectivity index (χ0) is 48.3. The van der Waals surface area contributed by atoms with Crippen molar-refractivity contribution in [3.05, 3.63) is 0 Å². The van der Waals surface area contributed by atoms with Gasteiger partial charge in [-0.2, -0.15) is 0 Å². The second-order valence-electron chi connectivity index (χ2n) is 18.6. The predicted octanol–water partition coefficient (Wildman–Crippen LogP) is 13.7. The van der Waals surface area contributed by atoms with E-state index in [2.05, 4.69) is 27.7 Å². The number of unbranched alkanes of at least 4 members (excludes halogenated alkanes) is 40. The molecule has 0 unspecified atom stereocenters. The third kappa shape index (κ3) is 89.8. The topological polar surface area (TPSA) is 161 Å². The van der Waals surface area contributed by atoms with Crippen molar-refractivity contribution in [2.45, 2.75) is 336 Å². The summed E-state index contributed by atoms with van der Waals surface area (Å²) < 4.78 is 0. The molecular formula is C56H108O8W-4. The van der Waals surface area contributed by atoms with Crippen LogP contribution in [0.25, 0.3) is 0 Å². The van der Waals surface area contributed by atoms with Crippen molar-refractivity contribution in [3.8, 4) is 0 Å². The summed E-state index contributed by atoms with van der Waals surface area (Å²) in [6, 6.07) is 0. The molecule has 65 heavy (non-hydrogen) atoms. The summed E-state index contributed by atoms with van der Waals surface area (Å²) in [5.41, 5.74) is 0. The first-order chi connectivity index (χ1) is 31.1. The summed E-state index contributed by atoms with van der Waals surface area (Å²) in [7, 11) is 0. The fraction of sp³-hybridized carbons (Fsp3) is 0.929. The average Bonchev–Trinajstić information content (AvgIpc) is 3.26. The third-order valence-corrected chi connectivity index (χ3v) is 11.9. The van der Waals surface area contributed by atoms with Gasteiger partial charge in [0.25, 0.3) is 0 Å². The van der Waals surface area contributed by atoms with Crippen LogP contribution in [0.3, 0.4) is 0 Å². The first-order valence-electron chi connectivity index (χ1n) is 27.9. The van der Waals surface area contributed by atoms with Crippen LogP contribution in [0.4, 0.5) is 0 Å². The minimum atomic E-state index is -0.907. The summed E-state index contributed by atoms with van der Waals surface area (Å²) in [6.45, 7) is 8.97. The van der Waals surface area contributed by atoms with Crippen LogP contribution in [0.2, 0.25) is 0 Å². The van der Waals surface area contributed by atoms with E-state index in [0.29, 0.717) is 0 Å². The first-order valence-corrected chi connectivity index (χ1v) is 27.9. The Hall–Kier alpha value is -1.43.